The molecule has 0 aliphatic rings. The molecule has 0 aromatic heterocycles. The third-order valence-corrected chi connectivity index (χ3v) is 3.23. The van der Waals surface area contributed by atoms with Gasteiger partial charge in [-0.05, 0) is 12.1 Å². The minimum absolute atomic E-state index is 0.266. The molecule has 0 bridgehead atoms. The van der Waals surface area contributed by atoms with E-state index in [9.17, 15) is 5.11 Å². The van der Waals surface area contributed by atoms with Gasteiger partial charge in [0.05, 0.1) is 13.2 Å². The highest BCUT2D eigenvalue weighted by atomic mass is 35.5. The first-order chi connectivity index (χ1) is 6.77. The van der Waals surface area contributed by atoms with E-state index in [0.29, 0.717) is 5.75 Å². The van der Waals surface area contributed by atoms with E-state index >= 15 is 0 Å². The number of thioether (sulfide) groups is 1. The second kappa shape index (κ2) is 6.17. The number of rotatable bonds is 5. The predicted molar refractivity (Wildman–Crippen MR) is 60.4 cm³/mol. The highest BCUT2D eigenvalue weighted by molar-refractivity contribution is 7.99. The number of hydrogen-bond acceptors (Lipinski definition) is 3. The SMILES string of the molecule is COc1ccccc1SCC(O)CCl. The molecule has 1 N–H and O–H groups in total. The summed E-state index contributed by atoms with van der Waals surface area (Å²) in [6.07, 6.45) is -0.466. The quantitative estimate of drug-likeness (QED) is 0.625. The van der Waals surface area contributed by atoms with Crippen LogP contribution < -0.4 is 4.74 Å². The Hall–Kier alpha value is -0.380. The Balaban J connectivity index is 2.57. The summed E-state index contributed by atoms with van der Waals surface area (Å²) in [6.45, 7) is 0. The Bertz CT molecular complexity index is 281. The first-order valence-corrected chi connectivity index (χ1v) is 5.79. The van der Waals surface area contributed by atoms with Gasteiger partial charge in [0.2, 0.25) is 0 Å². The van der Waals surface area contributed by atoms with Gasteiger partial charge in [-0.3, -0.25) is 0 Å². The molecule has 2 nitrogen and oxygen atoms in total. The van der Waals surface area contributed by atoms with Crippen molar-refractivity contribution in [3.63, 3.8) is 0 Å². The lowest BCUT2D eigenvalue weighted by molar-refractivity contribution is 0.223. The fourth-order valence-electron chi connectivity index (χ4n) is 0.969. The summed E-state index contributed by atoms with van der Waals surface area (Å²) in [4.78, 5) is 1.03. The number of halogens is 1. The molecule has 78 valence electrons. The molecule has 1 aromatic carbocycles. The van der Waals surface area contributed by atoms with E-state index < -0.39 is 6.10 Å². The van der Waals surface area contributed by atoms with Gasteiger partial charge in [0, 0.05) is 16.5 Å². The van der Waals surface area contributed by atoms with E-state index in [2.05, 4.69) is 0 Å². The molecule has 0 aliphatic heterocycles. The molecule has 0 amide bonds. The van der Waals surface area contributed by atoms with Crippen molar-refractivity contribution in [2.75, 3.05) is 18.7 Å². The lowest BCUT2D eigenvalue weighted by atomic mass is 10.3. The summed E-state index contributed by atoms with van der Waals surface area (Å²) in [5.74, 6) is 1.69. The van der Waals surface area contributed by atoms with Crippen molar-refractivity contribution in [2.45, 2.75) is 11.0 Å². The summed E-state index contributed by atoms with van der Waals surface area (Å²) in [7, 11) is 1.64. The lowest BCUT2D eigenvalue weighted by Crippen LogP contribution is -2.11. The van der Waals surface area contributed by atoms with Gasteiger partial charge in [-0.25, -0.2) is 0 Å². The average molecular weight is 233 g/mol. The Morgan fingerprint density at radius 2 is 2.21 bits per heavy atom. The van der Waals surface area contributed by atoms with Crippen molar-refractivity contribution in [1.82, 2.24) is 0 Å². The van der Waals surface area contributed by atoms with Crippen molar-refractivity contribution in [3.05, 3.63) is 24.3 Å². The molecule has 0 fully saturated rings. The Morgan fingerprint density at radius 3 is 2.86 bits per heavy atom. The van der Waals surface area contributed by atoms with E-state index in [1.54, 1.807) is 18.9 Å². The minimum atomic E-state index is -0.466. The monoisotopic (exact) mass is 232 g/mol. The third-order valence-electron chi connectivity index (χ3n) is 1.68. The standard InChI is InChI=1S/C10H13ClO2S/c1-13-9-4-2-3-5-10(9)14-7-8(12)6-11/h2-5,8,12H,6-7H2,1H3. The maximum absolute atomic E-state index is 9.29. The molecule has 1 aromatic rings. The zero-order chi connectivity index (χ0) is 10.4. The summed E-state index contributed by atoms with van der Waals surface area (Å²) in [5.41, 5.74) is 0. The van der Waals surface area contributed by atoms with Crippen molar-refractivity contribution >= 4 is 23.4 Å². The molecule has 14 heavy (non-hydrogen) atoms. The molecular formula is C10H13ClO2S. The van der Waals surface area contributed by atoms with Crippen molar-refractivity contribution in [1.29, 1.82) is 0 Å². The minimum Gasteiger partial charge on any atom is -0.496 e. The van der Waals surface area contributed by atoms with Crippen molar-refractivity contribution in [3.8, 4) is 5.75 Å². The van der Waals surface area contributed by atoms with Gasteiger partial charge in [-0.15, -0.1) is 23.4 Å². The Morgan fingerprint density at radius 1 is 1.50 bits per heavy atom. The highest BCUT2D eigenvalue weighted by Crippen LogP contribution is 2.28. The van der Waals surface area contributed by atoms with Gasteiger partial charge < -0.3 is 9.84 Å². The largest absolute Gasteiger partial charge is 0.496 e. The normalized spacial score (nSPS) is 12.5. The highest BCUT2D eigenvalue weighted by Gasteiger charge is 2.06. The van der Waals surface area contributed by atoms with E-state index in [4.69, 9.17) is 16.3 Å². The lowest BCUT2D eigenvalue weighted by Gasteiger charge is -2.09. The number of alkyl halides is 1. The van der Waals surface area contributed by atoms with Gasteiger partial charge in [0.1, 0.15) is 5.75 Å². The topological polar surface area (TPSA) is 29.5 Å². The Labute approximate surface area is 93.2 Å². The van der Waals surface area contributed by atoms with Crippen LogP contribution in [0.5, 0.6) is 5.75 Å². The second-order valence-electron chi connectivity index (χ2n) is 2.77. The molecule has 1 unspecified atom stereocenters. The van der Waals surface area contributed by atoms with Gasteiger partial charge >= 0.3 is 0 Å². The third kappa shape index (κ3) is 3.40. The van der Waals surface area contributed by atoms with Gasteiger partial charge in [-0.1, -0.05) is 12.1 Å². The van der Waals surface area contributed by atoms with Crippen LogP contribution in [0.25, 0.3) is 0 Å². The number of para-hydroxylation sites is 1. The molecule has 0 heterocycles. The molecule has 4 heteroatoms. The van der Waals surface area contributed by atoms with E-state index in [1.165, 1.54) is 0 Å². The van der Waals surface area contributed by atoms with Crippen LogP contribution in [0, 0.1) is 0 Å². The molecule has 1 rings (SSSR count). The molecule has 0 saturated carbocycles. The first kappa shape index (κ1) is 11.7. The number of aliphatic hydroxyl groups is 1. The van der Waals surface area contributed by atoms with Crippen LogP contribution in [0.1, 0.15) is 0 Å². The molecule has 0 saturated heterocycles. The fourth-order valence-corrected chi connectivity index (χ4v) is 2.17. The average Bonchev–Trinajstić information content (AvgIpc) is 2.26. The van der Waals surface area contributed by atoms with E-state index in [1.807, 2.05) is 24.3 Å². The summed E-state index contributed by atoms with van der Waals surface area (Å²) in [6, 6.07) is 7.72. The van der Waals surface area contributed by atoms with Crippen molar-refractivity contribution < 1.29 is 9.84 Å². The summed E-state index contributed by atoms with van der Waals surface area (Å²) >= 11 is 7.04. The summed E-state index contributed by atoms with van der Waals surface area (Å²) in [5, 5.41) is 9.29. The fraction of sp³-hybridized carbons (Fsp3) is 0.400. The zero-order valence-corrected chi connectivity index (χ0v) is 9.52. The van der Waals surface area contributed by atoms with E-state index in [-0.39, 0.29) is 5.88 Å². The van der Waals surface area contributed by atoms with Crippen molar-refractivity contribution in [2.24, 2.45) is 0 Å². The maximum atomic E-state index is 9.29. The maximum Gasteiger partial charge on any atom is 0.132 e. The number of methoxy groups -OCH3 is 1. The first-order valence-electron chi connectivity index (χ1n) is 4.27. The molecule has 1 atom stereocenters. The van der Waals surface area contributed by atoms with Crippen LogP contribution in [0.3, 0.4) is 0 Å². The van der Waals surface area contributed by atoms with Crippen LogP contribution in [0.15, 0.2) is 29.2 Å². The van der Waals surface area contributed by atoms with Crippen LogP contribution in [-0.2, 0) is 0 Å². The molecule has 0 spiro atoms. The second-order valence-corrected chi connectivity index (χ2v) is 4.14. The van der Waals surface area contributed by atoms with Gasteiger partial charge in [-0.2, -0.15) is 0 Å². The number of benzene rings is 1. The van der Waals surface area contributed by atoms with Crippen LogP contribution in [0.2, 0.25) is 0 Å². The Kier molecular flexibility index (Phi) is 5.15. The number of aliphatic hydroxyl groups excluding tert-OH is 1. The van der Waals surface area contributed by atoms with Gasteiger partial charge in [0.25, 0.3) is 0 Å². The van der Waals surface area contributed by atoms with Gasteiger partial charge in [0.15, 0.2) is 0 Å². The zero-order valence-electron chi connectivity index (χ0n) is 7.94. The van der Waals surface area contributed by atoms with Crippen LogP contribution in [-0.4, -0.2) is 30.0 Å². The predicted octanol–water partition coefficient (Wildman–Crippen LogP) is 2.39. The smallest absolute Gasteiger partial charge is 0.132 e. The molecule has 0 radical (unpaired) electrons. The molecular weight excluding hydrogens is 220 g/mol. The summed E-state index contributed by atoms with van der Waals surface area (Å²) < 4.78 is 5.18. The van der Waals surface area contributed by atoms with Crippen LogP contribution >= 0.6 is 23.4 Å². The van der Waals surface area contributed by atoms with E-state index in [0.717, 1.165) is 10.6 Å². The number of hydrogen-bond donors (Lipinski definition) is 1. The number of ether oxygens (including phenoxy) is 1. The molecule has 0 aliphatic carbocycles. The van der Waals surface area contributed by atoms with Crippen LogP contribution in [0.4, 0.5) is 0 Å².